The van der Waals surface area contributed by atoms with Crippen molar-refractivity contribution in [2.45, 2.75) is 43.4 Å². The van der Waals surface area contributed by atoms with Gasteiger partial charge in [0.15, 0.2) is 0 Å². The van der Waals surface area contributed by atoms with Crippen molar-refractivity contribution in [3.05, 3.63) is 70.8 Å². The number of alkyl halides is 1. The van der Waals surface area contributed by atoms with Crippen LogP contribution in [0.2, 0.25) is 0 Å². The highest BCUT2D eigenvalue weighted by Crippen LogP contribution is 2.29. The zero-order valence-electron chi connectivity index (χ0n) is 11.8. The second kappa shape index (κ2) is 6.58. The molecule has 0 N–H and O–H groups in total. The minimum absolute atomic E-state index is 0.484. The van der Waals surface area contributed by atoms with Gasteiger partial charge in [-0.1, -0.05) is 64.5 Å². The average molecular weight is 329 g/mol. The summed E-state index contributed by atoms with van der Waals surface area (Å²) in [6.07, 6.45) is 7.55. The lowest BCUT2D eigenvalue weighted by molar-refractivity contribution is 0.729. The Morgan fingerprint density at radius 1 is 0.950 bits per heavy atom. The maximum absolute atomic E-state index is 3.81. The third kappa shape index (κ3) is 3.32. The van der Waals surface area contributed by atoms with Crippen molar-refractivity contribution in [1.29, 1.82) is 0 Å². The molecule has 3 rings (SSSR count). The fourth-order valence-corrected chi connectivity index (χ4v) is 3.72. The molecule has 104 valence electrons. The van der Waals surface area contributed by atoms with Gasteiger partial charge in [0, 0.05) is 4.83 Å². The Kier molecular flexibility index (Phi) is 4.57. The normalized spacial score (nSPS) is 15.1. The molecule has 0 heterocycles. The van der Waals surface area contributed by atoms with E-state index >= 15 is 0 Å². The summed E-state index contributed by atoms with van der Waals surface area (Å²) in [5.74, 6) is 0. The van der Waals surface area contributed by atoms with E-state index in [0.29, 0.717) is 4.83 Å². The predicted molar refractivity (Wildman–Crippen MR) is 89.5 cm³/mol. The maximum Gasteiger partial charge on any atom is 0.0395 e. The summed E-state index contributed by atoms with van der Waals surface area (Å²) in [5, 5.41) is 0. The molecule has 0 saturated heterocycles. The van der Waals surface area contributed by atoms with E-state index in [-0.39, 0.29) is 0 Å². The lowest BCUT2D eigenvalue weighted by Gasteiger charge is -2.10. The molecule has 0 fully saturated rings. The monoisotopic (exact) mass is 328 g/mol. The van der Waals surface area contributed by atoms with Crippen molar-refractivity contribution < 1.29 is 0 Å². The zero-order chi connectivity index (χ0) is 13.8. The van der Waals surface area contributed by atoms with E-state index in [4.69, 9.17) is 0 Å². The number of hydrogen-bond acceptors (Lipinski definition) is 0. The fourth-order valence-electron chi connectivity index (χ4n) is 3.09. The van der Waals surface area contributed by atoms with Crippen LogP contribution in [0, 0.1) is 0 Å². The third-order valence-corrected chi connectivity index (χ3v) is 5.23. The summed E-state index contributed by atoms with van der Waals surface area (Å²) in [6.45, 7) is 0. The summed E-state index contributed by atoms with van der Waals surface area (Å²) in [4.78, 5) is 0.484. The van der Waals surface area contributed by atoms with E-state index in [1.165, 1.54) is 49.7 Å². The molecule has 0 radical (unpaired) electrons. The summed E-state index contributed by atoms with van der Waals surface area (Å²) >= 11 is 3.81. The van der Waals surface area contributed by atoms with Crippen LogP contribution in [0.25, 0.3) is 0 Å². The number of aryl methyl sites for hydroxylation is 3. The number of fused-ring (bicyclic) bond motifs is 1. The second-order valence-electron chi connectivity index (χ2n) is 5.73. The molecule has 0 spiro atoms. The Hall–Kier alpha value is -1.08. The standard InChI is InChI=1S/C19H21Br/c20-19(17-7-2-1-3-8-17)11-4-6-15-12-13-16-9-5-10-18(16)14-15/h1-3,7-8,12-14,19H,4-6,9-11H2. The van der Waals surface area contributed by atoms with Gasteiger partial charge in [-0.25, -0.2) is 0 Å². The van der Waals surface area contributed by atoms with E-state index in [0.717, 1.165) is 0 Å². The topological polar surface area (TPSA) is 0 Å². The van der Waals surface area contributed by atoms with Crippen LogP contribution in [0.4, 0.5) is 0 Å². The van der Waals surface area contributed by atoms with E-state index in [1.54, 1.807) is 11.1 Å². The molecule has 0 saturated carbocycles. The Labute approximate surface area is 130 Å². The predicted octanol–water partition coefficient (Wildman–Crippen LogP) is 5.63. The Bertz CT molecular complexity index is 559. The first-order valence-electron chi connectivity index (χ1n) is 7.62. The summed E-state index contributed by atoms with van der Waals surface area (Å²) < 4.78 is 0. The third-order valence-electron chi connectivity index (χ3n) is 4.25. The van der Waals surface area contributed by atoms with Gasteiger partial charge in [-0.05, 0) is 60.8 Å². The second-order valence-corrected chi connectivity index (χ2v) is 6.83. The van der Waals surface area contributed by atoms with Gasteiger partial charge in [-0.2, -0.15) is 0 Å². The molecular formula is C19H21Br. The van der Waals surface area contributed by atoms with Crippen LogP contribution in [-0.4, -0.2) is 0 Å². The number of benzene rings is 2. The molecule has 0 aromatic heterocycles. The highest BCUT2D eigenvalue weighted by Gasteiger charge is 2.11. The minimum Gasteiger partial charge on any atom is -0.0839 e. The zero-order valence-corrected chi connectivity index (χ0v) is 13.4. The van der Waals surface area contributed by atoms with Crippen molar-refractivity contribution in [1.82, 2.24) is 0 Å². The highest BCUT2D eigenvalue weighted by molar-refractivity contribution is 9.09. The maximum atomic E-state index is 3.81. The van der Waals surface area contributed by atoms with Gasteiger partial charge in [0.25, 0.3) is 0 Å². The van der Waals surface area contributed by atoms with E-state index in [2.05, 4.69) is 64.5 Å². The van der Waals surface area contributed by atoms with Crippen molar-refractivity contribution >= 4 is 15.9 Å². The molecule has 1 heteroatoms. The molecule has 1 aliphatic rings. The van der Waals surface area contributed by atoms with Crippen molar-refractivity contribution in [3.8, 4) is 0 Å². The first-order valence-corrected chi connectivity index (χ1v) is 8.54. The van der Waals surface area contributed by atoms with Gasteiger partial charge in [0.2, 0.25) is 0 Å². The fraction of sp³-hybridized carbons (Fsp3) is 0.368. The number of hydrogen-bond donors (Lipinski definition) is 0. The van der Waals surface area contributed by atoms with E-state index in [9.17, 15) is 0 Å². The van der Waals surface area contributed by atoms with Gasteiger partial charge >= 0.3 is 0 Å². The quantitative estimate of drug-likeness (QED) is 0.623. The summed E-state index contributed by atoms with van der Waals surface area (Å²) in [7, 11) is 0. The van der Waals surface area contributed by atoms with Crippen LogP contribution in [0.1, 0.15) is 46.3 Å². The smallest absolute Gasteiger partial charge is 0.0395 e. The van der Waals surface area contributed by atoms with Gasteiger partial charge < -0.3 is 0 Å². The van der Waals surface area contributed by atoms with Crippen molar-refractivity contribution in [2.24, 2.45) is 0 Å². The molecule has 1 aliphatic carbocycles. The first-order chi connectivity index (χ1) is 9.83. The molecule has 0 bridgehead atoms. The molecule has 1 unspecified atom stereocenters. The summed E-state index contributed by atoms with van der Waals surface area (Å²) in [6, 6.07) is 17.8. The van der Waals surface area contributed by atoms with Crippen LogP contribution in [0.3, 0.4) is 0 Å². The van der Waals surface area contributed by atoms with Crippen LogP contribution < -0.4 is 0 Å². The Morgan fingerprint density at radius 3 is 2.60 bits per heavy atom. The largest absolute Gasteiger partial charge is 0.0839 e. The Morgan fingerprint density at radius 2 is 1.75 bits per heavy atom. The first kappa shape index (κ1) is 13.9. The molecule has 0 aliphatic heterocycles. The van der Waals surface area contributed by atoms with Gasteiger partial charge in [-0.15, -0.1) is 0 Å². The van der Waals surface area contributed by atoms with E-state index < -0.39 is 0 Å². The highest BCUT2D eigenvalue weighted by atomic mass is 79.9. The molecule has 20 heavy (non-hydrogen) atoms. The summed E-state index contributed by atoms with van der Waals surface area (Å²) in [5.41, 5.74) is 6.08. The van der Waals surface area contributed by atoms with Crippen LogP contribution in [0.15, 0.2) is 48.5 Å². The lowest BCUT2D eigenvalue weighted by atomic mass is 10.0. The van der Waals surface area contributed by atoms with Gasteiger partial charge in [-0.3, -0.25) is 0 Å². The number of halogens is 1. The van der Waals surface area contributed by atoms with Crippen LogP contribution in [0.5, 0.6) is 0 Å². The van der Waals surface area contributed by atoms with Crippen molar-refractivity contribution in [3.63, 3.8) is 0 Å². The molecule has 2 aromatic rings. The molecule has 1 atom stereocenters. The molecule has 0 nitrogen and oxygen atoms in total. The molecule has 2 aromatic carbocycles. The Balaban J connectivity index is 1.53. The molecule has 0 amide bonds. The number of rotatable bonds is 5. The van der Waals surface area contributed by atoms with Gasteiger partial charge in [0.05, 0.1) is 0 Å². The van der Waals surface area contributed by atoms with E-state index in [1.807, 2.05) is 0 Å². The SMILES string of the molecule is BrC(CCCc1ccc2c(c1)CCC2)c1ccccc1. The van der Waals surface area contributed by atoms with Crippen molar-refractivity contribution in [2.75, 3.05) is 0 Å². The van der Waals surface area contributed by atoms with Crippen LogP contribution in [-0.2, 0) is 19.3 Å². The average Bonchev–Trinajstić information content (AvgIpc) is 2.95. The molecular weight excluding hydrogens is 308 g/mol. The minimum atomic E-state index is 0.484. The van der Waals surface area contributed by atoms with Crippen LogP contribution >= 0.6 is 15.9 Å². The van der Waals surface area contributed by atoms with Gasteiger partial charge in [0.1, 0.15) is 0 Å². The lowest BCUT2D eigenvalue weighted by Crippen LogP contribution is -1.93.